The van der Waals surface area contributed by atoms with E-state index in [1.807, 2.05) is 25.2 Å². The number of nitrogens with one attached hydrogen (secondary N) is 1. The minimum Gasteiger partial charge on any atom is -0.489 e. The van der Waals surface area contributed by atoms with E-state index in [1.165, 1.54) is 12.8 Å². The molecule has 0 amide bonds. The van der Waals surface area contributed by atoms with Gasteiger partial charge in [0.25, 0.3) is 0 Å². The lowest BCUT2D eigenvalue weighted by molar-refractivity contribution is 0.301. The first kappa shape index (κ1) is 8.88. The number of hydrogen-bond acceptors (Lipinski definition) is 2. The third-order valence-electron chi connectivity index (χ3n) is 2.04. The summed E-state index contributed by atoms with van der Waals surface area (Å²) in [5, 5.41) is 3.09. The third kappa shape index (κ3) is 2.15. The second-order valence-corrected chi connectivity index (χ2v) is 4.07. The number of ether oxygens (including phenoxy) is 1. The van der Waals surface area contributed by atoms with Gasteiger partial charge in [0, 0.05) is 18.8 Å². The maximum atomic E-state index is 5.71. The Morgan fingerprint density at radius 1 is 1.46 bits per heavy atom. The molecule has 0 radical (unpaired) electrons. The molecule has 0 aromatic heterocycles. The van der Waals surface area contributed by atoms with Crippen molar-refractivity contribution in [2.75, 3.05) is 12.4 Å². The highest BCUT2D eigenvalue weighted by Gasteiger charge is 2.24. The van der Waals surface area contributed by atoms with E-state index in [4.69, 9.17) is 4.74 Å². The van der Waals surface area contributed by atoms with E-state index in [0.29, 0.717) is 6.10 Å². The van der Waals surface area contributed by atoms with Crippen LogP contribution in [0.15, 0.2) is 22.7 Å². The Kier molecular flexibility index (Phi) is 2.44. The van der Waals surface area contributed by atoms with Crippen molar-refractivity contribution in [1.82, 2.24) is 0 Å². The van der Waals surface area contributed by atoms with E-state index in [2.05, 4.69) is 21.2 Å². The highest BCUT2D eigenvalue weighted by molar-refractivity contribution is 9.10. The van der Waals surface area contributed by atoms with Crippen molar-refractivity contribution < 1.29 is 4.74 Å². The van der Waals surface area contributed by atoms with E-state index in [-0.39, 0.29) is 0 Å². The lowest BCUT2D eigenvalue weighted by Crippen LogP contribution is -1.97. The summed E-state index contributed by atoms with van der Waals surface area (Å²) >= 11 is 3.46. The molecule has 3 heteroatoms. The van der Waals surface area contributed by atoms with Gasteiger partial charge in [-0.05, 0) is 40.9 Å². The van der Waals surface area contributed by atoms with Crippen molar-refractivity contribution in [2.45, 2.75) is 18.9 Å². The summed E-state index contributed by atoms with van der Waals surface area (Å²) in [6.45, 7) is 0. The summed E-state index contributed by atoms with van der Waals surface area (Å²) in [7, 11) is 1.91. The van der Waals surface area contributed by atoms with Gasteiger partial charge in [0.15, 0.2) is 0 Å². The summed E-state index contributed by atoms with van der Waals surface area (Å²) < 4.78 is 6.74. The molecular formula is C10H12BrNO. The molecule has 13 heavy (non-hydrogen) atoms. The molecular weight excluding hydrogens is 230 g/mol. The summed E-state index contributed by atoms with van der Waals surface area (Å²) in [5.41, 5.74) is 1.08. The second-order valence-electron chi connectivity index (χ2n) is 3.21. The van der Waals surface area contributed by atoms with Crippen molar-refractivity contribution in [1.29, 1.82) is 0 Å². The summed E-state index contributed by atoms with van der Waals surface area (Å²) in [6, 6.07) is 6.04. The number of anilines is 1. The van der Waals surface area contributed by atoms with Crippen molar-refractivity contribution in [2.24, 2.45) is 0 Å². The molecule has 0 heterocycles. The van der Waals surface area contributed by atoms with E-state index >= 15 is 0 Å². The smallest absolute Gasteiger partial charge is 0.135 e. The van der Waals surface area contributed by atoms with E-state index in [0.717, 1.165) is 15.9 Å². The molecule has 2 rings (SSSR count). The van der Waals surface area contributed by atoms with Gasteiger partial charge in [-0.15, -0.1) is 0 Å². The first-order valence-electron chi connectivity index (χ1n) is 4.43. The zero-order valence-electron chi connectivity index (χ0n) is 7.51. The van der Waals surface area contributed by atoms with Gasteiger partial charge >= 0.3 is 0 Å². The van der Waals surface area contributed by atoms with Crippen LogP contribution in [0.4, 0.5) is 5.69 Å². The number of benzene rings is 1. The van der Waals surface area contributed by atoms with Crippen LogP contribution in [-0.4, -0.2) is 13.2 Å². The van der Waals surface area contributed by atoms with Crippen LogP contribution in [0.2, 0.25) is 0 Å². The molecule has 2 nitrogen and oxygen atoms in total. The van der Waals surface area contributed by atoms with Gasteiger partial charge in [0.2, 0.25) is 0 Å². The fourth-order valence-electron chi connectivity index (χ4n) is 1.11. The van der Waals surface area contributed by atoms with Gasteiger partial charge in [0.1, 0.15) is 5.75 Å². The molecule has 1 saturated carbocycles. The molecule has 0 saturated heterocycles. The molecule has 70 valence electrons. The van der Waals surface area contributed by atoms with Gasteiger partial charge in [-0.1, -0.05) is 0 Å². The molecule has 1 N–H and O–H groups in total. The fraction of sp³-hybridized carbons (Fsp3) is 0.400. The van der Waals surface area contributed by atoms with E-state index in [9.17, 15) is 0 Å². The van der Waals surface area contributed by atoms with Gasteiger partial charge in [-0.2, -0.15) is 0 Å². The largest absolute Gasteiger partial charge is 0.489 e. The highest BCUT2D eigenvalue weighted by Crippen LogP contribution is 2.33. The van der Waals surface area contributed by atoms with Crippen LogP contribution in [-0.2, 0) is 0 Å². The number of hydrogen-bond donors (Lipinski definition) is 1. The number of halogens is 1. The van der Waals surface area contributed by atoms with Crippen LogP contribution in [0.1, 0.15) is 12.8 Å². The van der Waals surface area contributed by atoms with Crippen LogP contribution >= 0.6 is 15.9 Å². The maximum absolute atomic E-state index is 5.71. The quantitative estimate of drug-likeness (QED) is 0.879. The molecule has 0 atom stereocenters. The third-order valence-corrected chi connectivity index (χ3v) is 2.69. The van der Waals surface area contributed by atoms with Crippen molar-refractivity contribution >= 4 is 21.6 Å². The van der Waals surface area contributed by atoms with Crippen molar-refractivity contribution in [3.63, 3.8) is 0 Å². The monoisotopic (exact) mass is 241 g/mol. The molecule has 0 unspecified atom stereocenters. The summed E-state index contributed by atoms with van der Waals surface area (Å²) in [4.78, 5) is 0. The topological polar surface area (TPSA) is 21.3 Å². The standard InChI is InChI=1S/C10H12BrNO/c1-12-7-2-5-9(11)10(6-7)13-8-3-4-8/h2,5-6,8,12H,3-4H2,1H3. The summed E-state index contributed by atoms with van der Waals surface area (Å²) in [6.07, 6.45) is 2.83. The molecule has 1 aliphatic rings. The van der Waals surface area contributed by atoms with Gasteiger partial charge < -0.3 is 10.1 Å². The molecule has 0 aliphatic heterocycles. The van der Waals surface area contributed by atoms with Gasteiger partial charge in [-0.3, -0.25) is 0 Å². The van der Waals surface area contributed by atoms with E-state index < -0.39 is 0 Å². The zero-order valence-corrected chi connectivity index (χ0v) is 9.10. The molecule has 1 fully saturated rings. The lowest BCUT2D eigenvalue weighted by atomic mass is 10.3. The van der Waals surface area contributed by atoms with Crippen LogP contribution in [0.25, 0.3) is 0 Å². The Bertz CT molecular complexity index is 310. The molecule has 1 aromatic carbocycles. The Labute approximate surface area is 86.4 Å². The van der Waals surface area contributed by atoms with Crippen LogP contribution < -0.4 is 10.1 Å². The zero-order chi connectivity index (χ0) is 9.26. The van der Waals surface area contributed by atoms with E-state index in [1.54, 1.807) is 0 Å². The van der Waals surface area contributed by atoms with Gasteiger partial charge in [0.05, 0.1) is 10.6 Å². The second kappa shape index (κ2) is 3.58. The minimum atomic E-state index is 0.448. The first-order valence-corrected chi connectivity index (χ1v) is 5.23. The number of rotatable bonds is 3. The van der Waals surface area contributed by atoms with Gasteiger partial charge in [-0.25, -0.2) is 0 Å². The van der Waals surface area contributed by atoms with Crippen LogP contribution in [0, 0.1) is 0 Å². The fourth-order valence-corrected chi connectivity index (χ4v) is 1.45. The SMILES string of the molecule is CNc1ccc(Br)c(OC2CC2)c1. The Morgan fingerprint density at radius 3 is 2.85 bits per heavy atom. The lowest BCUT2D eigenvalue weighted by Gasteiger charge is -2.08. The molecule has 0 spiro atoms. The Morgan fingerprint density at radius 2 is 2.23 bits per heavy atom. The maximum Gasteiger partial charge on any atom is 0.135 e. The normalized spacial score (nSPS) is 15.5. The molecule has 1 aliphatic carbocycles. The average molecular weight is 242 g/mol. The first-order chi connectivity index (χ1) is 6.29. The average Bonchev–Trinajstić information content (AvgIpc) is 2.93. The predicted molar refractivity (Wildman–Crippen MR) is 57.3 cm³/mol. The predicted octanol–water partition coefficient (Wildman–Crippen LogP) is 3.03. The summed E-state index contributed by atoms with van der Waals surface area (Å²) in [5.74, 6) is 0.939. The van der Waals surface area contributed by atoms with Crippen LogP contribution in [0.3, 0.4) is 0 Å². The van der Waals surface area contributed by atoms with Crippen molar-refractivity contribution in [3.8, 4) is 5.75 Å². The minimum absolute atomic E-state index is 0.448. The highest BCUT2D eigenvalue weighted by atomic mass is 79.9. The molecule has 0 bridgehead atoms. The van der Waals surface area contributed by atoms with Crippen LogP contribution in [0.5, 0.6) is 5.75 Å². The molecule has 1 aromatic rings. The van der Waals surface area contributed by atoms with Crippen molar-refractivity contribution in [3.05, 3.63) is 22.7 Å². The Balaban J connectivity index is 2.19. The Hall–Kier alpha value is -0.700.